The maximum absolute atomic E-state index is 13.5. The summed E-state index contributed by atoms with van der Waals surface area (Å²) in [6.45, 7) is 11.0. The van der Waals surface area contributed by atoms with Gasteiger partial charge in [-0.25, -0.2) is 4.39 Å². The smallest absolute Gasteiger partial charge is 0.123 e. The van der Waals surface area contributed by atoms with Crippen molar-refractivity contribution in [3.05, 3.63) is 35.1 Å². The van der Waals surface area contributed by atoms with Crippen molar-refractivity contribution >= 4 is 0 Å². The summed E-state index contributed by atoms with van der Waals surface area (Å²) in [7, 11) is 0. The van der Waals surface area contributed by atoms with Crippen LogP contribution in [0.2, 0.25) is 0 Å². The summed E-state index contributed by atoms with van der Waals surface area (Å²) in [5, 5.41) is 3.59. The minimum atomic E-state index is -0.150. The molecule has 1 aromatic rings. The normalized spacial score (nSPS) is 23.2. The van der Waals surface area contributed by atoms with Crippen LogP contribution in [0.4, 0.5) is 4.39 Å². The molecule has 1 aromatic carbocycles. The zero-order chi connectivity index (χ0) is 14.8. The second-order valence-corrected chi connectivity index (χ2v) is 7.15. The van der Waals surface area contributed by atoms with Gasteiger partial charge in [0.15, 0.2) is 0 Å². The number of rotatable bonds is 4. The monoisotopic (exact) mass is 279 g/mol. The Kier molecular flexibility index (Phi) is 4.50. The van der Waals surface area contributed by atoms with Crippen molar-refractivity contribution in [3.8, 4) is 0 Å². The summed E-state index contributed by atoms with van der Waals surface area (Å²) in [6, 6.07) is 5.07. The molecule has 1 aliphatic heterocycles. The molecule has 0 radical (unpaired) electrons. The largest absolute Gasteiger partial charge is 0.381 e. The Balaban J connectivity index is 2.14. The summed E-state index contributed by atoms with van der Waals surface area (Å²) in [4.78, 5) is 0. The Morgan fingerprint density at radius 2 is 2.10 bits per heavy atom. The molecule has 3 heteroatoms. The molecule has 0 bridgehead atoms. The van der Waals surface area contributed by atoms with E-state index in [0.717, 1.165) is 43.7 Å². The van der Waals surface area contributed by atoms with E-state index in [4.69, 9.17) is 4.74 Å². The average molecular weight is 279 g/mol. The molecule has 1 aliphatic rings. The van der Waals surface area contributed by atoms with Gasteiger partial charge in [0.05, 0.1) is 6.61 Å². The van der Waals surface area contributed by atoms with Gasteiger partial charge in [-0.15, -0.1) is 0 Å². The molecule has 2 nitrogen and oxygen atoms in total. The summed E-state index contributed by atoms with van der Waals surface area (Å²) in [5.41, 5.74) is 2.44. The third-order valence-corrected chi connectivity index (χ3v) is 4.06. The lowest BCUT2D eigenvalue weighted by molar-refractivity contribution is 0.144. The number of hydrogen-bond acceptors (Lipinski definition) is 2. The molecule has 1 heterocycles. The fourth-order valence-electron chi connectivity index (χ4n) is 2.68. The molecule has 1 fully saturated rings. The first-order chi connectivity index (χ1) is 9.30. The number of halogens is 1. The highest BCUT2D eigenvalue weighted by Gasteiger charge is 2.36. The number of ether oxygens (including phenoxy) is 1. The van der Waals surface area contributed by atoms with Crippen molar-refractivity contribution in [1.82, 2.24) is 5.32 Å². The molecule has 0 saturated carbocycles. The molecule has 112 valence electrons. The number of hydrogen-bond donors (Lipinski definition) is 1. The van der Waals surface area contributed by atoms with Crippen LogP contribution >= 0.6 is 0 Å². The Bertz CT molecular complexity index is 459. The van der Waals surface area contributed by atoms with E-state index in [1.54, 1.807) is 6.07 Å². The van der Waals surface area contributed by atoms with E-state index in [9.17, 15) is 4.39 Å². The molecule has 1 unspecified atom stereocenters. The lowest BCUT2D eigenvalue weighted by Crippen LogP contribution is -2.45. The van der Waals surface area contributed by atoms with Crippen LogP contribution in [0.25, 0.3) is 0 Å². The van der Waals surface area contributed by atoms with Crippen LogP contribution in [-0.2, 0) is 11.2 Å². The third kappa shape index (κ3) is 4.03. The maximum Gasteiger partial charge on any atom is 0.123 e. The number of benzene rings is 1. The highest BCUT2D eigenvalue weighted by molar-refractivity contribution is 5.28. The van der Waals surface area contributed by atoms with Crippen LogP contribution in [-0.4, -0.2) is 25.3 Å². The van der Waals surface area contributed by atoms with E-state index in [2.05, 4.69) is 33.0 Å². The van der Waals surface area contributed by atoms with Crippen molar-refractivity contribution in [2.45, 2.75) is 46.1 Å². The lowest BCUT2D eigenvalue weighted by Gasteiger charge is -2.33. The molecule has 0 aromatic heterocycles. The minimum absolute atomic E-state index is 0.0891. The molecule has 1 N–H and O–H groups in total. The van der Waals surface area contributed by atoms with Crippen LogP contribution in [0, 0.1) is 18.2 Å². The first-order valence-electron chi connectivity index (χ1n) is 7.38. The zero-order valence-electron chi connectivity index (χ0n) is 13.1. The Morgan fingerprint density at radius 3 is 2.70 bits per heavy atom. The standard InChI is InChI=1S/C17H26FNO/c1-13-5-6-15(18)9-14(13)10-17(7-8-20-12-17)11-19-16(2,3)4/h5-6,9,19H,7-8,10-12H2,1-4H3. The van der Waals surface area contributed by atoms with Crippen molar-refractivity contribution in [2.24, 2.45) is 5.41 Å². The first-order valence-corrected chi connectivity index (χ1v) is 7.38. The van der Waals surface area contributed by atoms with Crippen LogP contribution in [0.15, 0.2) is 18.2 Å². The molecule has 0 amide bonds. The van der Waals surface area contributed by atoms with Gasteiger partial charge in [0.1, 0.15) is 5.82 Å². The van der Waals surface area contributed by atoms with Crippen LogP contribution in [0.1, 0.15) is 38.3 Å². The molecular weight excluding hydrogens is 253 g/mol. The second-order valence-electron chi connectivity index (χ2n) is 7.15. The van der Waals surface area contributed by atoms with Gasteiger partial charge in [-0.2, -0.15) is 0 Å². The Hall–Kier alpha value is -0.930. The van der Waals surface area contributed by atoms with E-state index in [-0.39, 0.29) is 16.8 Å². The maximum atomic E-state index is 13.5. The summed E-state index contributed by atoms with van der Waals surface area (Å²) < 4.78 is 19.1. The van der Waals surface area contributed by atoms with Gasteiger partial charge in [-0.1, -0.05) is 6.07 Å². The van der Waals surface area contributed by atoms with Gasteiger partial charge in [0.2, 0.25) is 0 Å². The van der Waals surface area contributed by atoms with Crippen LogP contribution < -0.4 is 5.32 Å². The molecule has 0 aliphatic carbocycles. The van der Waals surface area contributed by atoms with Gasteiger partial charge < -0.3 is 10.1 Å². The SMILES string of the molecule is Cc1ccc(F)cc1CC1(CNC(C)(C)C)CCOC1. The van der Waals surface area contributed by atoms with Crippen molar-refractivity contribution in [3.63, 3.8) is 0 Å². The Morgan fingerprint density at radius 1 is 1.35 bits per heavy atom. The summed E-state index contributed by atoms with van der Waals surface area (Å²) in [6.07, 6.45) is 1.91. The van der Waals surface area contributed by atoms with Gasteiger partial charge in [-0.3, -0.25) is 0 Å². The van der Waals surface area contributed by atoms with E-state index >= 15 is 0 Å². The fraction of sp³-hybridized carbons (Fsp3) is 0.647. The molecule has 20 heavy (non-hydrogen) atoms. The minimum Gasteiger partial charge on any atom is -0.381 e. The molecule has 2 rings (SSSR count). The van der Waals surface area contributed by atoms with E-state index in [1.807, 2.05) is 6.07 Å². The number of aryl methyl sites for hydroxylation is 1. The molecular formula is C17H26FNO. The van der Waals surface area contributed by atoms with Gasteiger partial charge in [-0.05, 0) is 63.8 Å². The quantitative estimate of drug-likeness (QED) is 0.911. The van der Waals surface area contributed by atoms with Gasteiger partial charge >= 0.3 is 0 Å². The summed E-state index contributed by atoms with van der Waals surface area (Å²) >= 11 is 0. The Labute approximate surface area is 121 Å². The molecule has 1 saturated heterocycles. The topological polar surface area (TPSA) is 21.3 Å². The second kappa shape index (κ2) is 5.82. The number of nitrogens with one attached hydrogen (secondary N) is 1. The van der Waals surface area contributed by atoms with E-state index in [1.165, 1.54) is 6.07 Å². The van der Waals surface area contributed by atoms with E-state index in [0.29, 0.717) is 0 Å². The predicted molar refractivity (Wildman–Crippen MR) is 80.5 cm³/mol. The van der Waals surface area contributed by atoms with Crippen molar-refractivity contribution < 1.29 is 9.13 Å². The van der Waals surface area contributed by atoms with Gasteiger partial charge in [0.25, 0.3) is 0 Å². The highest BCUT2D eigenvalue weighted by Crippen LogP contribution is 2.33. The summed E-state index contributed by atoms with van der Waals surface area (Å²) in [5.74, 6) is -0.150. The van der Waals surface area contributed by atoms with Crippen molar-refractivity contribution in [2.75, 3.05) is 19.8 Å². The highest BCUT2D eigenvalue weighted by atomic mass is 19.1. The first kappa shape index (κ1) is 15.5. The van der Waals surface area contributed by atoms with Crippen LogP contribution in [0.3, 0.4) is 0 Å². The van der Waals surface area contributed by atoms with Crippen LogP contribution in [0.5, 0.6) is 0 Å². The zero-order valence-corrected chi connectivity index (χ0v) is 13.1. The predicted octanol–water partition coefficient (Wildman–Crippen LogP) is 3.47. The van der Waals surface area contributed by atoms with Crippen molar-refractivity contribution in [1.29, 1.82) is 0 Å². The molecule has 1 atom stereocenters. The van der Waals surface area contributed by atoms with E-state index < -0.39 is 0 Å². The fourth-order valence-corrected chi connectivity index (χ4v) is 2.68. The molecule has 0 spiro atoms. The average Bonchev–Trinajstić information content (AvgIpc) is 2.80. The lowest BCUT2D eigenvalue weighted by atomic mass is 9.79. The third-order valence-electron chi connectivity index (χ3n) is 4.06. The van der Waals surface area contributed by atoms with Gasteiger partial charge in [0, 0.05) is 24.1 Å².